The molecular weight excluding hydrogens is 422 g/mol. The first kappa shape index (κ1) is 20.0. The fourth-order valence-corrected chi connectivity index (χ4v) is 4.60. The lowest BCUT2D eigenvalue weighted by molar-refractivity contribution is -0.123. The van der Waals surface area contributed by atoms with Gasteiger partial charge in [0, 0.05) is 9.79 Å². The van der Waals surface area contributed by atoms with Crippen LogP contribution in [0.4, 0.5) is 16.2 Å². The topological polar surface area (TPSA) is 70.7 Å². The van der Waals surface area contributed by atoms with E-state index in [4.69, 9.17) is 4.74 Å². The number of urea groups is 1. The van der Waals surface area contributed by atoms with Gasteiger partial charge in [0.05, 0.1) is 11.4 Å². The standard InChI is InChI=1S/C25H19N3O3S/c29-24(16-31-19-14-13-17-7-1-2-8-18(17)15-19)26-27-25(30)28-20-9-3-5-11-22(20)32-23-12-6-4-10-21(23)28/h1-15H,16H2,(H,26,29)(H,27,30). The molecule has 4 aromatic carbocycles. The van der Waals surface area contributed by atoms with E-state index in [0.717, 1.165) is 31.9 Å². The van der Waals surface area contributed by atoms with Gasteiger partial charge in [-0.3, -0.25) is 15.1 Å². The van der Waals surface area contributed by atoms with Crippen LogP contribution in [0.5, 0.6) is 5.75 Å². The summed E-state index contributed by atoms with van der Waals surface area (Å²) in [5.41, 5.74) is 6.45. The number of benzene rings is 4. The zero-order chi connectivity index (χ0) is 21.9. The number of fused-ring (bicyclic) bond motifs is 3. The molecule has 0 aliphatic carbocycles. The van der Waals surface area contributed by atoms with Gasteiger partial charge in [0.2, 0.25) is 0 Å². The number of anilines is 2. The molecule has 0 bridgehead atoms. The Balaban J connectivity index is 1.24. The van der Waals surface area contributed by atoms with Crippen LogP contribution in [0.2, 0.25) is 0 Å². The molecule has 0 saturated carbocycles. The maximum Gasteiger partial charge on any atom is 0.345 e. The highest BCUT2D eigenvalue weighted by Crippen LogP contribution is 2.47. The molecule has 32 heavy (non-hydrogen) atoms. The van der Waals surface area contributed by atoms with Crippen molar-refractivity contribution in [1.29, 1.82) is 0 Å². The van der Waals surface area contributed by atoms with E-state index in [2.05, 4.69) is 10.9 Å². The minimum absolute atomic E-state index is 0.221. The number of carbonyl (C=O) groups is 2. The molecule has 6 nitrogen and oxygen atoms in total. The summed E-state index contributed by atoms with van der Waals surface area (Å²) in [7, 11) is 0. The van der Waals surface area contributed by atoms with Crippen LogP contribution in [0, 0.1) is 0 Å². The summed E-state index contributed by atoms with van der Waals surface area (Å²) in [6, 6.07) is 28.4. The van der Waals surface area contributed by atoms with E-state index in [-0.39, 0.29) is 6.61 Å². The molecule has 158 valence electrons. The van der Waals surface area contributed by atoms with Crippen molar-refractivity contribution in [2.75, 3.05) is 11.5 Å². The average molecular weight is 442 g/mol. The molecule has 0 unspecified atom stereocenters. The van der Waals surface area contributed by atoms with E-state index in [1.165, 1.54) is 0 Å². The molecule has 0 radical (unpaired) electrons. The summed E-state index contributed by atoms with van der Waals surface area (Å²) in [6.07, 6.45) is 0. The zero-order valence-electron chi connectivity index (χ0n) is 16.9. The minimum Gasteiger partial charge on any atom is -0.484 e. The SMILES string of the molecule is O=C(COc1ccc2ccccc2c1)NNC(=O)N1c2ccccc2Sc2ccccc21. The maximum atomic E-state index is 13.0. The van der Waals surface area contributed by atoms with Crippen molar-refractivity contribution < 1.29 is 14.3 Å². The molecule has 0 fully saturated rings. The Morgan fingerprint density at radius 3 is 2.09 bits per heavy atom. The molecule has 0 saturated heterocycles. The number of hydrogen-bond acceptors (Lipinski definition) is 4. The predicted molar refractivity (Wildman–Crippen MR) is 125 cm³/mol. The Morgan fingerprint density at radius 1 is 0.750 bits per heavy atom. The Hall–Kier alpha value is -3.97. The van der Waals surface area contributed by atoms with E-state index in [1.807, 2.05) is 91.0 Å². The van der Waals surface area contributed by atoms with Crippen molar-refractivity contribution in [2.45, 2.75) is 9.79 Å². The number of carbonyl (C=O) groups excluding carboxylic acids is 2. The molecule has 1 aliphatic rings. The molecule has 0 atom stereocenters. The maximum absolute atomic E-state index is 13.0. The first-order valence-corrected chi connectivity index (χ1v) is 10.9. The fourth-order valence-electron chi connectivity index (χ4n) is 3.54. The van der Waals surface area contributed by atoms with Crippen LogP contribution < -0.4 is 20.5 Å². The van der Waals surface area contributed by atoms with Gasteiger partial charge < -0.3 is 4.74 Å². The molecule has 1 heterocycles. The van der Waals surface area contributed by atoms with Gasteiger partial charge in [0.25, 0.3) is 5.91 Å². The summed E-state index contributed by atoms with van der Waals surface area (Å²) in [4.78, 5) is 28.8. The Morgan fingerprint density at radius 2 is 1.38 bits per heavy atom. The number of amides is 3. The second-order valence-corrected chi connectivity index (χ2v) is 8.23. The highest BCUT2D eigenvalue weighted by molar-refractivity contribution is 7.99. The van der Waals surface area contributed by atoms with Gasteiger partial charge in [0.15, 0.2) is 6.61 Å². The number of hydrazine groups is 1. The number of hydrogen-bond donors (Lipinski definition) is 2. The highest BCUT2D eigenvalue weighted by Gasteiger charge is 2.28. The predicted octanol–water partition coefficient (Wildman–Crippen LogP) is 5.26. The lowest BCUT2D eigenvalue weighted by Gasteiger charge is -2.30. The molecule has 7 heteroatoms. The molecule has 5 rings (SSSR count). The largest absolute Gasteiger partial charge is 0.484 e. The fraction of sp³-hybridized carbons (Fsp3) is 0.0400. The molecule has 4 aromatic rings. The number of rotatable bonds is 3. The molecule has 0 spiro atoms. The molecule has 3 amide bonds. The third kappa shape index (κ3) is 3.98. The van der Waals surface area contributed by atoms with E-state index < -0.39 is 11.9 Å². The number of para-hydroxylation sites is 2. The average Bonchev–Trinajstić information content (AvgIpc) is 2.84. The second kappa shape index (κ2) is 8.64. The highest BCUT2D eigenvalue weighted by atomic mass is 32.2. The van der Waals surface area contributed by atoms with E-state index in [9.17, 15) is 9.59 Å². The van der Waals surface area contributed by atoms with Crippen molar-refractivity contribution in [1.82, 2.24) is 10.9 Å². The van der Waals surface area contributed by atoms with Crippen molar-refractivity contribution in [2.24, 2.45) is 0 Å². The van der Waals surface area contributed by atoms with E-state index >= 15 is 0 Å². The molecule has 0 aromatic heterocycles. The number of nitrogens with zero attached hydrogens (tertiary/aromatic N) is 1. The van der Waals surface area contributed by atoms with Crippen molar-refractivity contribution in [3.05, 3.63) is 91.0 Å². The third-order valence-electron chi connectivity index (χ3n) is 5.04. The second-order valence-electron chi connectivity index (χ2n) is 7.15. The van der Waals surface area contributed by atoms with Gasteiger partial charge in [-0.25, -0.2) is 10.2 Å². The van der Waals surface area contributed by atoms with Gasteiger partial charge in [-0.15, -0.1) is 0 Å². The van der Waals surface area contributed by atoms with Crippen LogP contribution in [0.3, 0.4) is 0 Å². The zero-order valence-corrected chi connectivity index (χ0v) is 17.8. The van der Waals surface area contributed by atoms with Crippen LogP contribution in [0.1, 0.15) is 0 Å². The summed E-state index contributed by atoms with van der Waals surface area (Å²) in [5, 5.41) is 2.12. The smallest absolute Gasteiger partial charge is 0.345 e. The third-order valence-corrected chi connectivity index (χ3v) is 6.17. The molecular formula is C25H19N3O3S. The monoisotopic (exact) mass is 441 g/mol. The lowest BCUT2D eigenvalue weighted by Crippen LogP contribution is -2.49. The van der Waals surface area contributed by atoms with Gasteiger partial charge >= 0.3 is 6.03 Å². The summed E-state index contributed by atoms with van der Waals surface area (Å²) >= 11 is 1.61. The normalized spacial score (nSPS) is 11.9. The number of nitrogens with one attached hydrogen (secondary N) is 2. The van der Waals surface area contributed by atoms with Crippen molar-refractivity contribution >= 4 is 45.8 Å². The minimum atomic E-state index is -0.459. The van der Waals surface area contributed by atoms with Crippen molar-refractivity contribution in [3.8, 4) is 5.75 Å². The lowest BCUT2D eigenvalue weighted by atomic mass is 10.1. The quantitative estimate of drug-likeness (QED) is 0.426. The summed E-state index contributed by atoms with van der Waals surface area (Å²) in [6.45, 7) is -0.221. The molecule has 2 N–H and O–H groups in total. The van der Waals surface area contributed by atoms with Gasteiger partial charge in [-0.2, -0.15) is 0 Å². The van der Waals surface area contributed by atoms with Crippen LogP contribution in [0.15, 0.2) is 101 Å². The summed E-state index contributed by atoms with van der Waals surface area (Å²) in [5.74, 6) is 0.126. The summed E-state index contributed by atoms with van der Waals surface area (Å²) < 4.78 is 5.59. The van der Waals surface area contributed by atoms with Crippen LogP contribution in [-0.4, -0.2) is 18.5 Å². The Kier molecular flexibility index (Phi) is 5.39. The van der Waals surface area contributed by atoms with Gasteiger partial charge in [-0.1, -0.05) is 66.4 Å². The van der Waals surface area contributed by atoms with Crippen LogP contribution >= 0.6 is 11.8 Å². The van der Waals surface area contributed by atoms with Gasteiger partial charge in [-0.05, 0) is 47.2 Å². The number of ether oxygens (including phenoxy) is 1. The Labute approximate surface area is 189 Å². The Bertz CT molecular complexity index is 1280. The first-order chi connectivity index (χ1) is 15.7. The van der Waals surface area contributed by atoms with Gasteiger partial charge in [0.1, 0.15) is 5.75 Å². The van der Waals surface area contributed by atoms with Crippen LogP contribution in [0.25, 0.3) is 10.8 Å². The molecule has 1 aliphatic heterocycles. The van der Waals surface area contributed by atoms with E-state index in [0.29, 0.717) is 5.75 Å². The van der Waals surface area contributed by atoms with Crippen LogP contribution in [-0.2, 0) is 4.79 Å². The van der Waals surface area contributed by atoms with E-state index in [1.54, 1.807) is 16.7 Å². The van der Waals surface area contributed by atoms with Crippen molar-refractivity contribution in [3.63, 3.8) is 0 Å². The first-order valence-electron chi connectivity index (χ1n) is 10.1.